The number of hydrogen-bond donors (Lipinski definition) is 4. The fraction of sp³-hybridized carbons (Fsp3) is 0.520. The molecule has 0 aliphatic carbocycles. The van der Waals surface area contributed by atoms with Gasteiger partial charge in [-0.15, -0.1) is 0 Å². The van der Waals surface area contributed by atoms with Crippen LogP contribution in [0.25, 0.3) is 0 Å². The molecule has 0 unspecified atom stereocenters. The van der Waals surface area contributed by atoms with E-state index >= 15 is 0 Å². The fourth-order valence-electron chi connectivity index (χ4n) is 3.36. The van der Waals surface area contributed by atoms with Gasteiger partial charge in [0.15, 0.2) is 0 Å². The topological polar surface area (TPSA) is 90.2 Å². The zero-order valence-electron chi connectivity index (χ0n) is 19.0. The summed E-state index contributed by atoms with van der Waals surface area (Å²) in [5.74, 6) is 0. The summed E-state index contributed by atoms with van der Waals surface area (Å²) in [4.78, 5) is 0. The van der Waals surface area contributed by atoms with Crippen LogP contribution in [0.3, 0.4) is 0 Å². The minimum absolute atomic E-state index is 0.427. The molecule has 0 radical (unpaired) electrons. The van der Waals surface area contributed by atoms with Crippen molar-refractivity contribution in [2.45, 2.75) is 78.5 Å². The second-order valence-electron chi connectivity index (χ2n) is 7.10. The Morgan fingerprint density at radius 3 is 1.97 bits per heavy atom. The summed E-state index contributed by atoms with van der Waals surface area (Å²) < 4.78 is 5.67. The van der Waals surface area contributed by atoms with E-state index in [1.54, 1.807) is 0 Å². The van der Waals surface area contributed by atoms with E-state index in [1.807, 2.05) is 52.8 Å². The van der Waals surface area contributed by atoms with Gasteiger partial charge in [0.25, 0.3) is 0 Å². The molecule has 5 atom stereocenters. The van der Waals surface area contributed by atoms with Gasteiger partial charge in [0, 0.05) is 0 Å². The van der Waals surface area contributed by atoms with Crippen molar-refractivity contribution in [3.8, 4) is 0 Å². The van der Waals surface area contributed by atoms with Crippen LogP contribution in [-0.2, 0) is 11.2 Å². The molecule has 0 bridgehead atoms. The largest absolute Gasteiger partial charge is 0.394 e. The molecular formula is C25H38O5. The van der Waals surface area contributed by atoms with Crippen LogP contribution in [0, 0.1) is 13.8 Å². The number of benzene rings is 2. The number of aliphatic hydroxyl groups excluding tert-OH is 4. The number of rotatable bonds is 4. The van der Waals surface area contributed by atoms with Crippen LogP contribution in [0.1, 0.15) is 61.6 Å². The van der Waals surface area contributed by atoms with Crippen LogP contribution in [0.2, 0.25) is 0 Å². The molecule has 1 aliphatic rings. The predicted molar refractivity (Wildman–Crippen MR) is 121 cm³/mol. The first kappa shape index (κ1) is 26.3. The van der Waals surface area contributed by atoms with Crippen molar-refractivity contribution < 1.29 is 25.2 Å². The standard InChI is InChI=1S/C21H26O5.2C2H6/c1-12-3-6-14(7-4-12)9-16-10-15(8-5-13(16)2)21-20(25)19(24)18(23)17(11-22)26-21;2*1-2/h3-8,10,17-25H,9,11H2,1-2H3;2*1-2H3/t17-,18-,19+,20-,21+;;/m1../s1. The Labute approximate surface area is 181 Å². The third kappa shape index (κ3) is 6.37. The highest BCUT2D eigenvalue weighted by Crippen LogP contribution is 2.33. The SMILES string of the molecule is CC.CC.Cc1ccc(Cc2cc([C@@H]3O[C@H](CO)[C@@H](O)[C@H](O)[C@H]3O)ccc2C)cc1. The first-order chi connectivity index (χ1) is 14.4. The number of hydrogen-bond acceptors (Lipinski definition) is 5. The van der Waals surface area contributed by atoms with Crippen LogP contribution in [0.4, 0.5) is 0 Å². The highest BCUT2D eigenvalue weighted by atomic mass is 16.5. The van der Waals surface area contributed by atoms with Crippen molar-refractivity contribution in [3.05, 3.63) is 70.3 Å². The molecule has 1 heterocycles. The summed E-state index contributed by atoms with van der Waals surface area (Å²) in [6.45, 7) is 11.7. The number of aryl methyl sites for hydroxylation is 2. The predicted octanol–water partition coefficient (Wildman–Crippen LogP) is 3.46. The summed E-state index contributed by atoms with van der Waals surface area (Å²) in [5, 5.41) is 39.7. The van der Waals surface area contributed by atoms with Gasteiger partial charge in [0.2, 0.25) is 0 Å². The van der Waals surface area contributed by atoms with Gasteiger partial charge in [-0.05, 0) is 42.5 Å². The third-order valence-electron chi connectivity index (χ3n) is 5.11. The van der Waals surface area contributed by atoms with Crippen LogP contribution >= 0.6 is 0 Å². The Balaban J connectivity index is 0.00000106. The van der Waals surface area contributed by atoms with E-state index in [-0.39, 0.29) is 0 Å². The fourth-order valence-corrected chi connectivity index (χ4v) is 3.36. The van der Waals surface area contributed by atoms with Gasteiger partial charge in [-0.2, -0.15) is 0 Å². The normalized spacial score (nSPS) is 25.5. The Morgan fingerprint density at radius 2 is 1.40 bits per heavy atom. The summed E-state index contributed by atoms with van der Waals surface area (Å²) in [7, 11) is 0. The van der Waals surface area contributed by atoms with Gasteiger partial charge in [0.1, 0.15) is 30.5 Å². The molecule has 0 aromatic heterocycles. The zero-order chi connectivity index (χ0) is 22.8. The highest BCUT2D eigenvalue weighted by molar-refractivity contribution is 5.37. The van der Waals surface area contributed by atoms with Crippen LogP contribution in [0.15, 0.2) is 42.5 Å². The van der Waals surface area contributed by atoms with Crippen molar-refractivity contribution in [1.29, 1.82) is 0 Å². The van der Waals surface area contributed by atoms with Crippen molar-refractivity contribution >= 4 is 0 Å². The van der Waals surface area contributed by atoms with E-state index in [4.69, 9.17) is 4.74 Å². The molecule has 0 spiro atoms. The molecule has 5 heteroatoms. The summed E-state index contributed by atoms with van der Waals surface area (Å²) in [6, 6.07) is 14.1. The molecule has 1 fully saturated rings. The molecule has 4 N–H and O–H groups in total. The van der Waals surface area contributed by atoms with Gasteiger partial charge in [-0.3, -0.25) is 0 Å². The molecule has 3 rings (SSSR count). The van der Waals surface area contributed by atoms with Gasteiger partial charge < -0.3 is 25.2 Å². The van der Waals surface area contributed by atoms with E-state index in [1.165, 1.54) is 11.1 Å². The molecule has 0 amide bonds. The van der Waals surface area contributed by atoms with Crippen LogP contribution < -0.4 is 0 Å². The second kappa shape index (κ2) is 12.8. The number of aliphatic hydroxyl groups is 4. The summed E-state index contributed by atoms with van der Waals surface area (Å²) >= 11 is 0. The minimum atomic E-state index is -1.37. The lowest BCUT2D eigenvalue weighted by Gasteiger charge is -2.40. The molecule has 168 valence electrons. The van der Waals surface area contributed by atoms with Crippen molar-refractivity contribution in [2.24, 2.45) is 0 Å². The maximum Gasteiger partial charge on any atom is 0.113 e. The Hall–Kier alpha value is -1.76. The molecule has 2 aromatic rings. The maximum atomic E-state index is 10.3. The monoisotopic (exact) mass is 418 g/mol. The second-order valence-corrected chi connectivity index (χ2v) is 7.10. The minimum Gasteiger partial charge on any atom is -0.394 e. The molecule has 5 nitrogen and oxygen atoms in total. The summed E-state index contributed by atoms with van der Waals surface area (Å²) in [5.41, 5.74) is 5.34. The van der Waals surface area contributed by atoms with Gasteiger partial charge in [0.05, 0.1) is 6.61 Å². The van der Waals surface area contributed by atoms with E-state index in [9.17, 15) is 20.4 Å². The molecular weight excluding hydrogens is 380 g/mol. The maximum absolute atomic E-state index is 10.3. The Kier molecular flexibility index (Phi) is 11.2. The number of ether oxygens (including phenoxy) is 1. The van der Waals surface area contributed by atoms with E-state index < -0.39 is 37.1 Å². The van der Waals surface area contributed by atoms with E-state index in [0.717, 1.165) is 23.1 Å². The van der Waals surface area contributed by atoms with Crippen LogP contribution in [0.5, 0.6) is 0 Å². The lowest BCUT2D eigenvalue weighted by atomic mass is 9.89. The molecule has 0 saturated carbocycles. The average Bonchev–Trinajstić information content (AvgIpc) is 2.78. The lowest BCUT2D eigenvalue weighted by molar-refractivity contribution is -0.231. The molecule has 1 aliphatic heterocycles. The smallest absolute Gasteiger partial charge is 0.113 e. The molecule has 1 saturated heterocycles. The Morgan fingerprint density at radius 1 is 0.800 bits per heavy atom. The van der Waals surface area contributed by atoms with E-state index in [0.29, 0.717) is 0 Å². The Bertz CT molecular complexity index is 742. The van der Waals surface area contributed by atoms with Crippen molar-refractivity contribution in [1.82, 2.24) is 0 Å². The van der Waals surface area contributed by atoms with Crippen molar-refractivity contribution in [2.75, 3.05) is 6.61 Å². The van der Waals surface area contributed by atoms with Gasteiger partial charge >= 0.3 is 0 Å². The lowest BCUT2D eigenvalue weighted by Crippen LogP contribution is -2.55. The van der Waals surface area contributed by atoms with Crippen LogP contribution in [-0.4, -0.2) is 51.4 Å². The van der Waals surface area contributed by atoms with Crippen molar-refractivity contribution in [3.63, 3.8) is 0 Å². The first-order valence-electron chi connectivity index (χ1n) is 10.9. The van der Waals surface area contributed by atoms with Gasteiger partial charge in [-0.25, -0.2) is 0 Å². The molecule has 2 aromatic carbocycles. The highest BCUT2D eigenvalue weighted by Gasteiger charge is 2.43. The zero-order valence-corrected chi connectivity index (χ0v) is 19.0. The first-order valence-corrected chi connectivity index (χ1v) is 10.9. The molecule has 30 heavy (non-hydrogen) atoms. The quantitative estimate of drug-likeness (QED) is 0.611. The summed E-state index contributed by atoms with van der Waals surface area (Å²) in [6.07, 6.45) is -4.93. The van der Waals surface area contributed by atoms with Gasteiger partial charge in [-0.1, -0.05) is 75.7 Å². The van der Waals surface area contributed by atoms with E-state index in [2.05, 4.69) is 31.2 Å². The third-order valence-corrected chi connectivity index (χ3v) is 5.11. The average molecular weight is 419 g/mol.